The summed E-state index contributed by atoms with van der Waals surface area (Å²) in [5, 5.41) is 10.6. The number of esters is 1. The van der Waals surface area contributed by atoms with E-state index >= 15 is 0 Å². The Balaban J connectivity index is 2.67. The van der Waals surface area contributed by atoms with E-state index in [0.29, 0.717) is 18.2 Å². The van der Waals surface area contributed by atoms with Crippen LogP contribution in [0.4, 0.5) is 5.82 Å². The average molecular weight is 223 g/mol. The standard InChI is InChI=1S/C11H17N3O2/c1-8(2)7-9(11(15)16-3)13-10-5-4-6-12-14-10/h4-6,8-9H,7H2,1-3H3,(H,13,14). The lowest BCUT2D eigenvalue weighted by molar-refractivity contribution is -0.141. The van der Waals surface area contributed by atoms with Crippen LogP contribution in [-0.4, -0.2) is 29.3 Å². The second-order valence-corrected chi connectivity index (χ2v) is 3.96. The highest BCUT2D eigenvalue weighted by Crippen LogP contribution is 2.11. The van der Waals surface area contributed by atoms with Gasteiger partial charge < -0.3 is 10.1 Å². The quantitative estimate of drug-likeness (QED) is 0.766. The van der Waals surface area contributed by atoms with E-state index in [0.717, 1.165) is 0 Å². The molecule has 0 radical (unpaired) electrons. The van der Waals surface area contributed by atoms with Gasteiger partial charge in [0.2, 0.25) is 0 Å². The zero-order chi connectivity index (χ0) is 12.0. The van der Waals surface area contributed by atoms with Crippen molar-refractivity contribution >= 4 is 11.8 Å². The molecule has 0 amide bonds. The molecule has 88 valence electrons. The number of rotatable bonds is 5. The van der Waals surface area contributed by atoms with Crippen molar-refractivity contribution in [1.82, 2.24) is 10.2 Å². The number of carbonyl (C=O) groups excluding carboxylic acids is 1. The highest BCUT2D eigenvalue weighted by molar-refractivity contribution is 5.78. The van der Waals surface area contributed by atoms with E-state index in [9.17, 15) is 4.79 Å². The van der Waals surface area contributed by atoms with Crippen LogP contribution in [-0.2, 0) is 9.53 Å². The number of methoxy groups -OCH3 is 1. The minimum absolute atomic E-state index is 0.278. The smallest absolute Gasteiger partial charge is 0.328 e. The van der Waals surface area contributed by atoms with E-state index in [-0.39, 0.29) is 12.0 Å². The van der Waals surface area contributed by atoms with Crippen molar-refractivity contribution in [1.29, 1.82) is 0 Å². The number of ether oxygens (including phenoxy) is 1. The van der Waals surface area contributed by atoms with Gasteiger partial charge in [0.05, 0.1) is 7.11 Å². The van der Waals surface area contributed by atoms with Gasteiger partial charge in [-0.15, -0.1) is 5.10 Å². The second kappa shape index (κ2) is 6.05. The van der Waals surface area contributed by atoms with Crippen molar-refractivity contribution in [2.75, 3.05) is 12.4 Å². The summed E-state index contributed by atoms with van der Waals surface area (Å²) in [7, 11) is 1.38. The molecule has 0 aliphatic carbocycles. The predicted octanol–water partition coefficient (Wildman–Crippen LogP) is 1.48. The van der Waals surface area contributed by atoms with Gasteiger partial charge in [-0.25, -0.2) is 4.79 Å². The summed E-state index contributed by atoms with van der Waals surface area (Å²) in [6, 6.07) is 3.16. The molecule has 5 nitrogen and oxygen atoms in total. The van der Waals surface area contributed by atoms with Gasteiger partial charge in [0.1, 0.15) is 11.9 Å². The Morgan fingerprint density at radius 1 is 1.56 bits per heavy atom. The molecule has 5 heteroatoms. The van der Waals surface area contributed by atoms with Gasteiger partial charge in [-0.2, -0.15) is 5.10 Å². The molecule has 0 spiro atoms. The van der Waals surface area contributed by atoms with Gasteiger partial charge in [-0.05, 0) is 24.5 Å². The van der Waals surface area contributed by atoms with E-state index in [4.69, 9.17) is 4.74 Å². The normalized spacial score (nSPS) is 12.2. The van der Waals surface area contributed by atoms with E-state index in [2.05, 4.69) is 15.5 Å². The molecule has 0 aliphatic heterocycles. The fraction of sp³-hybridized carbons (Fsp3) is 0.545. The third-order valence-corrected chi connectivity index (χ3v) is 2.09. The lowest BCUT2D eigenvalue weighted by Crippen LogP contribution is -2.32. The van der Waals surface area contributed by atoms with Gasteiger partial charge in [-0.1, -0.05) is 13.8 Å². The molecule has 16 heavy (non-hydrogen) atoms. The highest BCUT2D eigenvalue weighted by atomic mass is 16.5. The number of hydrogen-bond donors (Lipinski definition) is 1. The summed E-state index contributed by atoms with van der Waals surface area (Å²) in [6.45, 7) is 4.10. The van der Waals surface area contributed by atoms with Crippen LogP contribution >= 0.6 is 0 Å². The van der Waals surface area contributed by atoms with Gasteiger partial charge in [0, 0.05) is 6.20 Å². The monoisotopic (exact) mass is 223 g/mol. The summed E-state index contributed by atoms with van der Waals surface area (Å²) < 4.78 is 4.74. The largest absolute Gasteiger partial charge is 0.467 e. The molecule has 0 bridgehead atoms. The summed E-state index contributed by atoms with van der Waals surface area (Å²) in [4.78, 5) is 11.5. The fourth-order valence-corrected chi connectivity index (χ4v) is 1.38. The zero-order valence-electron chi connectivity index (χ0n) is 9.80. The Hall–Kier alpha value is -1.65. The lowest BCUT2D eigenvalue weighted by Gasteiger charge is -2.18. The van der Waals surface area contributed by atoms with Crippen LogP contribution in [0.5, 0.6) is 0 Å². The van der Waals surface area contributed by atoms with Crippen molar-refractivity contribution in [2.45, 2.75) is 26.3 Å². The number of carbonyl (C=O) groups is 1. The van der Waals surface area contributed by atoms with E-state index in [1.807, 2.05) is 13.8 Å². The molecule has 0 saturated heterocycles. The Bertz CT molecular complexity index is 327. The van der Waals surface area contributed by atoms with Crippen molar-refractivity contribution in [3.8, 4) is 0 Å². The van der Waals surface area contributed by atoms with Crippen molar-refractivity contribution in [3.05, 3.63) is 18.3 Å². The molecule has 1 atom stereocenters. The minimum atomic E-state index is -0.373. The van der Waals surface area contributed by atoms with Crippen LogP contribution in [0.25, 0.3) is 0 Å². The molecule has 0 aliphatic rings. The molecular weight excluding hydrogens is 206 g/mol. The summed E-state index contributed by atoms with van der Waals surface area (Å²) in [5.74, 6) is 0.700. The molecule has 0 aromatic carbocycles. The third kappa shape index (κ3) is 3.84. The Labute approximate surface area is 95.2 Å². The Morgan fingerprint density at radius 2 is 2.31 bits per heavy atom. The van der Waals surface area contributed by atoms with Crippen LogP contribution in [0.3, 0.4) is 0 Å². The highest BCUT2D eigenvalue weighted by Gasteiger charge is 2.20. The Kier molecular flexibility index (Phi) is 4.69. The molecule has 1 N–H and O–H groups in total. The van der Waals surface area contributed by atoms with Crippen molar-refractivity contribution in [2.24, 2.45) is 5.92 Å². The molecule has 0 saturated carbocycles. The van der Waals surface area contributed by atoms with Crippen molar-refractivity contribution in [3.63, 3.8) is 0 Å². The number of nitrogens with one attached hydrogen (secondary N) is 1. The number of nitrogens with zero attached hydrogens (tertiary/aromatic N) is 2. The zero-order valence-corrected chi connectivity index (χ0v) is 9.80. The number of anilines is 1. The molecule has 1 heterocycles. The molecule has 1 aromatic heterocycles. The molecule has 0 fully saturated rings. The van der Waals surface area contributed by atoms with E-state index < -0.39 is 0 Å². The van der Waals surface area contributed by atoms with E-state index in [1.165, 1.54) is 7.11 Å². The second-order valence-electron chi connectivity index (χ2n) is 3.96. The first-order valence-corrected chi connectivity index (χ1v) is 5.25. The molecule has 1 aromatic rings. The lowest BCUT2D eigenvalue weighted by atomic mass is 10.0. The van der Waals surface area contributed by atoms with Gasteiger partial charge in [0.15, 0.2) is 0 Å². The average Bonchev–Trinajstić information content (AvgIpc) is 2.28. The first-order valence-electron chi connectivity index (χ1n) is 5.25. The van der Waals surface area contributed by atoms with Gasteiger partial charge >= 0.3 is 5.97 Å². The molecular formula is C11H17N3O2. The van der Waals surface area contributed by atoms with Crippen LogP contribution in [0.1, 0.15) is 20.3 Å². The SMILES string of the molecule is COC(=O)C(CC(C)C)Nc1cccnn1. The van der Waals surface area contributed by atoms with Crippen LogP contribution in [0.15, 0.2) is 18.3 Å². The van der Waals surface area contributed by atoms with E-state index in [1.54, 1.807) is 18.3 Å². The molecule has 1 rings (SSSR count). The summed E-state index contributed by atoms with van der Waals surface area (Å²) in [5.41, 5.74) is 0. The third-order valence-electron chi connectivity index (χ3n) is 2.09. The van der Waals surface area contributed by atoms with Gasteiger partial charge in [-0.3, -0.25) is 0 Å². The van der Waals surface area contributed by atoms with Gasteiger partial charge in [0.25, 0.3) is 0 Å². The first kappa shape index (κ1) is 12.4. The Morgan fingerprint density at radius 3 is 2.81 bits per heavy atom. The van der Waals surface area contributed by atoms with Crippen LogP contribution in [0, 0.1) is 5.92 Å². The molecule has 1 unspecified atom stereocenters. The number of aromatic nitrogens is 2. The number of hydrogen-bond acceptors (Lipinski definition) is 5. The topological polar surface area (TPSA) is 64.1 Å². The maximum atomic E-state index is 11.5. The van der Waals surface area contributed by atoms with Crippen LogP contribution < -0.4 is 5.32 Å². The van der Waals surface area contributed by atoms with Crippen LogP contribution in [0.2, 0.25) is 0 Å². The summed E-state index contributed by atoms with van der Waals surface area (Å²) in [6.07, 6.45) is 2.28. The fourth-order valence-electron chi connectivity index (χ4n) is 1.38. The van der Waals surface area contributed by atoms with Crippen molar-refractivity contribution < 1.29 is 9.53 Å². The first-order chi connectivity index (χ1) is 7.63. The maximum Gasteiger partial charge on any atom is 0.328 e. The maximum absolute atomic E-state index is 11.5. The summed E-state index contributed by atoms with van der Waals surface area (Å²) >= 11 is 0. The minimum Gasteiger partial charge on any atom is -0.467 e. The predicted molar refractivity (Wildman–Crippen MR) is 60.9 cm³/mol.